The van der Waals surface area contributed by atoms with Gasteiger partial charge in [0.1, 0.15) is 0 Å². The van der Waals surface area contributed by atoms with Crippen molar-refractivity contribution in [3.63, 3.8) is 0 Å². The van der Waals surface area contributed by atoms with Crippen LogP contribution in [0, 0.1) is 5.82 Å². The van der Waals surface area contributed by atoms with Crippen LogP contribution < -0.4 is 15.0 Å². The largest absolute Gasteiger partial charge is 0.494 e. The van der Waals surface area contributed by atoms with Crippen molar-refractivity contribution in [3.05, 3.63) is 24.0 Å². The zero-order valence-corrected chi connectivity index (χ0v) is 9.66. The molecule has 4 heteroatoms. The summed E-state index contributed by atoms with van der Waals surface area (Å²) in [5.41, 5.74) is 0.923. The lowest BCUT2D eigenvalue weighted by atomic mass is 10.2. The van der Waals surface area contributed by atoms with E-state index in [0.717, 1.165) is 25.3 Å². The van der Waals surface area contributed by atoms with Crippen molar-refractivity contribution in [1.82, 2.24) is 5.32 Å². The van der Waals surface area contributed by atoms with Crippen LogP contribution in [0.15, 0.2) is 18.2 Å². The van der Waals surface area contributed by atoms with Crippen LogP contribution in [0.5, 0.6) is 5.75 Å². The Balaban J connectivity index is 2.17. The Bertz CT molecular complexity index is 370. The van der Waals surface area contributed by atoms with Gasteiger partial charge in [0.15, 0.2) is 11.6 Å². The van der Waals surface area contributed by atoms with Gasteiger partial charge in [0.05, 0.1) is 7.11 Å². The Morgan fingerprint density at radius 1 is 1.50 bits per heavy atom. The van der Waals surface area contributed by atoms with E-state index >= 15 is 0 Å². The maximum absolute atomic E-state index is 13.5. The summed E-state index contributed by atoms with van der Waals surface area (Å²) >= 11 is 0. The van der Waals surface area contributed by atoms with Crippen molar-refractivity contribution in [2.24, 2.45) is 0 Å². The average Bonchev–Trinajstić information content (AvgIpc) is 2.29. The summed E-state index contributed by atoms with van der Waals surface area (Å²) in [6, 6.07) is 5.56. The first-order chi connectivity index (χ1) is 7.70. The first-order valence-corrected chi connectivity index (χ1v) is 5.52. The average molecular weight is 224 g/mol. The predicted octanol–water partition coefficient (Wildman–Crippen LogP) is 1.63. The van der Waals surface area contributed by atoms with Gasteiger partial charge in [-0.05, 0) is 19.1 Å². The SMILES string of the molecule is COc1ccc(N2CCN[C@H](C)C2)cc1F. The molecule has 0 unspecified atom stereocenters. The number of anilines is 1. The molecule has 1 heterocycles. The number of ether oxygens (including phenoxy) is 1. The van der Waals surface area contributed by atoms with Gasteiger partial charge in [-0.1, -0.05) is 0 Å². The van der Waals surface area contributed by atoms with Crippen LogP contribution in [-0.4, -0.2) is 32.8 Å². The molecule has 2 rings (SSSR count). The lowest BCUT2D eigenvalue weighted by Crippen LogP contribution is -2.49. The molecule has 3 nitrogen and oxygen atoms in total. The highest BCUT2D eigenvalue weighted by Gasteiger charge is 2.16. The minimum Gasteiger partial charge on any atom is -0.494 e. The smallest absolute Gasteiger partial charge is 0.167 e. The van der Waals surface area contributed by atoms with Gasteiger partial charge < -0.3 is 15.0 Å². The third kappa shape index (κ3) is 2.27. The Morgan fingerprint density at radius 2 is 2.31 bits per heavy atom. The predicted molar refractivity (Wildman–Crippen MR) is 62.6 cm³/mol. The van der Waals surface area contributed by atoms with Gasteiger partial charge >= 0.3 is 0 Å². The molecule has 1 aromatic rings. The lowest BCUT2D eigenvalue weighted by Gasteiger charge is -2.33. The molecule has 0 radical (unpaired) electrons. The number of methoxy groups -OCH3 is 1. The number of nitrogens with zero attached hydrogens (tertiary/aromatic N) is 1. The molecule has 0 spiro atoms. The molecule has 0 aliphatic carbocycles. The summed E-state index contributed by atoms with van der Waals surface area (Å²) in [5, 5.41) is 3.36. The van der Waals surface area contributed by atoms with Gasteiger partial charge in [-0.2, -0.15) is 0 Å². The molecule has 0 bridgehead atoms. The van der Waals surface area contributed by atoms with Gasteiger partial charge in [-0.3, -0.25) is 0 Å². The summed E-state index contributed by atoms with van der Waals surface area (Å²) in [7, 11) is 1.48. The second kappa shape index (κ2) is 4.70. The van der Waals surface area contributed by atoms with Crippen molar-refractivity contribution in [2.45, 2.75) is 13.0 Å². The van der Waals surface area contributed by atoms with Crippen LogP contribution in [-0.2, 0) is 0 Å². The lowest BCUT2D eigenvalue weighted by molar-refractivity contribution is 0.386. The normalized spacial score (nSPS) is 20.9. The molecule has 1 aliphatic rings. The second-order valence-electron chi connectivity index (χ2n) is 4.12. The number of piperazine rings is 1. The van der Waals surface area contributed by atoms with Gasteiger partial charge in [0.2, 0.25) is 0 Å². The Kier molecular flexibility index (Phi) is 3.29. The Morgan fingerprint density at radius 3 is 2.94 bits per heavy atom. The molecule has 1 N–H and O–H groups in total. The van der Waals surface area contributed by atoms with E-state index < -0.39 is 0 Å². The summed E-state index contributed by atoms with van der Waals surface area (Å²) in [6.45, 7) is 4.89. The summed E-state index contributed by atoms with van der Waals surface area (Å²) in [5.74, 6) is -0.00174. The first-order valence-electron chi connectivity index (χ1n) is 5.52. The highest BCUT2D eigenvalue weighted by atomic mass is 19.1. The second-order valence-corrected chi connectivity index (χ2v) is 4.12. The minimum absolute atomic E-state index is 0.298. The van der Waals surface area contributed by atoms with E-state index in [-0.39, 0.29) is 5.82 Å². The quantitative estimate of drug-likeness (QED) is 0.826. The van der Waals surface area contributed by atoms with Crippen LogP contribution in [0.25, 0.3) is 0 Å². The van der Waals surface area contributed by atoms with E-state index in [1.54, 1.807) is 6.07 Å². The summed E-state index contributed by atoms with van der Waals surface area (Å²) < 4.78 is 18.4. The molecule has 1 atom stereocenters. The molecule has 0 saturated carbocycles. The molecular formula is C12H17FN2O. The zero-order valence-electron chi connectivity index (χ0n) is 9.66. The molecule has 88 valence electrons. The van der Waals surface area contributed by atoms with Crippen molar-refractivity contribution >= 4 is 5.69 Å². The summed E-state index contributed by atoms with van der Waals surface area (Å²) in [4.78, 5) is 2.18. The van der Waals surface area contributed by atoms with Crippen LogP contribution in [0.3, 0.4) is 0 Å². The Labute approximate surface area is 95.2 Å². The molecular weight excluding hydrogens is 207 g/mol. The van der Waals surface area contributed by atoms with Crippen molar-refractivity contribution in [2.75, 3.05) is 31.6 Å². The minimum atomic E-state index is -0.300. The maximum Gasteiger partial charge on any atom is 0.167 e. The zero-order chi connectivity index (χ0) is 11.5. The fraction of sp³-hybridized carbons (Fsp3) is 0.500. The van der Waals surface area contributed by atoms with Crippen molar-refractivity contribution < 1.29 is 9.13 Å². The highest BCUT2D eigenvalue weighted by molar-refractivity contribution is 5.50. The molecule has 1 aliphatic heterocycles. The van der Waals surface area contributed by atoms with E-state index in [1.165, 1.54) is 13.2 Å². The number of benzene rings is 1. The number of rotatable bonds is 2. The van der Waals surface area contributed by atoms with Crippen molar-refractivity contribution in [3.8, 4) is 5.75 Å². The number of hydrogen-bond donors (Lipinski definition) is 1. The molecule has 0 amide bonds. The van der Waals surface area contributed by atoms with Crippen LogP contribution in [0.2, 0.25) is 0 Å². The van der Waals surface area contributed by atoms with Crippen LogP contribution >= 0.6 is 0 Å². The number of halogens is 1. The third-order valence-corrected chi connectivity index (χ3v) is 2.87. The van der Waals surface area contributed by atoms with Gasteiger partial charge in [-0.15, -0.1) is 0 Å². The topological polar surface area (TPSA) is 24.5 Å². The van der Waals surface area contributed by atoms with E-state index in [2.05, 4.69) is 17.1 Å². The van der Waals surface area contributed by atoms with E-state index in [9.17, 15) is 4.39 Å². The standard InChI is InChI=1S/C12H17FN2O/c1-9-8-15(6-5-14-9)10-3-4-12(16-2)11(13)7-10/h3-4,7,9,14H,5-6,8H2,1-2H3/t9-/m1/s1. The monoisotopic (exact) mass is 224 g/mol. The van der Waals surface area contributed by atoms with Crippen LogP contribution in [0.4, 0.5) is 10.1 Å². The molecule has 0 aromatic heterocycles. The maximum atomic E-state index is 13.5. The van der Waals surface area contributed by atoms with Gasteiger partial charge in [-0.25, -0.2) is 4.39 Å². The molecule has 1 fully saturated rings. The van der Waals surface area contributed by atoms with E-state index in [0.29, 0.717) is 11.8 Å². The fourth-order valence-corrected chi connectivity index (χ4v) is 2.02. The van der Waals surface area contributed by atoms with Crippen LogP contribution in [0.1, 0.15) is 6.92 Å². The highest BCUT2D eigenvalue weighted by Crippen LogP contribution is 2.24. The number of nitrogens with one attached hydrogen (secondary N) is 1. The number of hydrogen-bond acceptors (Lipinski definition) is 3. The Hall–Kier alpha value is -1.29. The van der Waals surface area contributed by atoms with E-state index in [4.69, 9.17) is 4.74 Å². The summed E-state index contributed by atoms with van der Waals surface area (Å²) in [6.07, 6.45) is 0. The van der Waals surface area contributed by atoms with E-state index in [1.807, 2.05) is 6.07 Å². The van der Waals surface area contributed by atoms with Gasteiger partial charge in [0.25, 0.3) is 0 Å². The fourth-order valence-electron chi connectivity index (χ4n) is 2.02. The van der Waals surface area contributed by atoms with Gasteiger partial charge in [0, 0.05) is 37.4 Å². The molecule has 1 saturated heterocycles. The third-order valence-electron chi connectivity index (χ3n) is 2.87. The first kappa shape index (κ1) is 11.2. The van der Waals surface area contributed by atoms with Crippen molar-refractivity contribution in [1.29, 1.82) is 0 Å². The molecule has 1 aromatic carbocycles. The molecule has 16 heavy (non-hydrogen) atoms.